The van der Waals surface area contributed by atoms with Gasteiger partial charge in [0, 0.05) is 28.6 Å². The van der Waals surface area contributed by atoms with Crippen molar-refractivity contribution in [1.82, 2.24) is 10.6 Å². The Balaban J connectivity index is 0.00000161. The van der Waals surface area contributed by atoms with Crippen LogP contribution in [0.5, 0.6) is 0 Å². The summed E-state index contributed by atoms with van der Waals surface area (Å²) in [6.45, 7) is 5.06. The van der Waals surface area contributed by atoms with Crippen LogP contribution in [0, 0.1) is 5.41 Å². The predicted octanol–water partition coefficient (Wildman–Crippen LogP) is 3.44. The van der Waals surface area contributed by atoms with Gasteiger partial charge >= 0.3 is 0 Å². The summed E-state index contributed by atoms with van der Waals surface area (Å²) in [7, 11) is 0. The van der Waals surface area contributed by atoms with Crippen molar-refractivity contribution in [1.29, 1.82) is 0 Å². The molecule has 0 saturated carbocycles. The van der Waals surface area contributed by atoms with E-state index in [2.05, 4.69) is 23.6 Å². The summed E-state index contributed by atoms with van der Waals surface area (Å²) in [5.74, 6) is 0.0502. The van der Waals surface area contributed by atoms with Crippen LogP contribution in [0.4, 0.5) is 0 Å². The van der Waals surface area contributed by atoms with Gasteiger partial charge in [0.25, 0.3) is 5.91 Å². The molecule has 1 unspecified atom stereocenters. The van der Waals surface area contributed by atoms with Crippen LogP contribution in [0.15, 0.2) is 29.6 Å². The normalized spacial score (nSPS) is 21.8. The van der Waals surface area contributed by atoms with Crippen LogP contribution in [0.2, 0.25) is 0 Å². The number of carbonyl (C=O) groups excluding carboxylic acids is 1. The van der Waals surface area contributed by atoms with Gasteiger partial charge < -0.3 is 10.6 Å². The van der Waals surface area contributed by atoms with Crippen molar-refractivity contribution < 1.29 is 4.79 Å². The van der Waals surface area contributed by atoms with E-state index in [4.69, 9.17) is 0 Å². The first-order valence-electron chi connectivity index (χ1n) is 7.13. The number of piperidine rings is 1. The first kappa shape index (κ1) is 16.3. The second-order valence-electron chi connectivity index (χ2n) is 5.92. The van der Waals surface area contributed by atoms with Crippen LogP contribution < -0.4 is 10.6 Å². The molecule has 1 saturated heterocycles. The number of hydrogen-bond donors (Lipinski definition) is 2. The second-order valence-corrected chi connectivity index (χ2v) is 6.83. The second kappa shape index (κ2) is 6.77. The van der Waals surface area contributed by atoms with Crippen molar-refractivity contribution in [2.75, 3.05) is 19.6 Å². The van der Waals surface area contributed by atoms with Gasteiger partial charge in [0.2, 0.25) is 0 Å². The van der Waals surface area contributed by atoms with E-state index in [9.17, 15) is 4.79 Å². The summed E-state index contributed by atoms with van der Waals surface area (Å²) < 4.78 is 1.17. The lowest BCUT2D eigenvalue weighted by molar-refractivity contribution is 0.0926. The Bertz CT molecular complexity index is 620. The molecule has 0 radical (unpaired) electrons. The molecule has 2 heterocycles. The van der Waals surface area contributed by atoms with Crippen molar-refractivity contribution in [3.63, 3.8) is 0 Å². The summed E-state index contributed by atoms with van der Waals surface area (Å²) in [6.07, 6.45) is 2.36. The lowest BCUT2D eigenvalue weighted by Gasteiger charge is -2.34. The Labute approximate surface area is 135 Å². The Kier molecular flexibility index (Phi) is 5.25. The summed E-state index contributed by atoms with van der Waals surface area (Å²) in [5.41, 5.74) is 0.984. The van der Waals surface area contributed by atoms with Gasteiger partial charge in [0.05, 0.1) is 5.56 Å². The molecule has 21 heavy (non-hydrogen) atoms. The minimum absolute atomic E-state index is 0. The number of halogens is 1. The third-order valence-corrected chi connectivity index (χ3v) is 5.05. The first-order chi connectivity index (χ1) is 9.68. The number of benzene rings is 1. The molecule has 0 bridgehead atoms. The molecule has 3 nitrogen and oxygen atoms in total. The number of hydrogen-bond acceptors (Lipinski definition) is 3. The van der Waals surface area contributed by atoms with E-state index in [0.717, 1.165) is 30.6 Å². The lowest BCUT2D eigenvalue weighted by Crippen LogP contribution is -2.45. The number of fused-ring (bicyclic) bond motifs is 1. The van der Waals surface area contributed by atoms with E-state index in [1.807, 2.05) is 23.6 Å². The van der Waals surface area contributed by atoms with Crippen LogP contribution in [0.1, 0.15) is 30.1 Å². The van der Waals surface area contributed by atoms with Crippen LogP contribution in [0.3, 0.4) is 0 Å². The van der Waals surface area contributed by atoms with Gasteiger partial charge in [-0.05, 0) is 30.9 Å². The highest BCUT2D eigenvalue weighted by Gasteiger charge is 2.27. The topological polar surface area (TPSA) is 41.1 Å². The summed E-state index contributed by atoms with van der Waals surface area (Å²) in [5, 5.41) is 9.55. The van der Waals surface area contributed by atoms with Crippen molar-refractivity contribution in [3.05, 3.63) is 35.2 Å². The SMILES string of the molecule is CC1(CNC(=O)c2csc3ccccc23)CCCNC1.Cl. The molecule has 1 aliphatic rings. The van der Waals surface area contributed by atoms with Crippen LogP contribution in [0.25, 0.3) is 10.1 Å². The van der Waals surface area contributed by atoms with Gasteiger partial charge in [-0.2, -0.15) is 0 Å². The largest absolute Gasteiger partial charge is 0.351 e. The molecule has 3 rings (SSSR count). The maximum absolute atomic E-state index is 12.4. The van der Waals surface area contributed by atoms with Crippen molar-refractivity contribution >= 4 is 39.7 Å². The molecule has 5 heteroatoms. The minimum Gasteiger partial charge on any atom is -0.351 e. The first-order valence-corrected chi connectivity index (χ1v) is 8.01. The number of carbonyl (C=O) groups is 1. The van der Waals surface area contributed by atoms with Gasteiger partial charge in [0.15, 0.2) is 0 Å². The zero-order valence-corrected chi connectivity index (χ0v) is 13.8. The molecule has 1 atom stereocenters. The minimum atomic E-state index is 0. The highest BCUT2D eigenvalue weighted by atomic mass is 35.5. The van der Waals surface area contributed by atoms with E-state index in [1.54, 1.807) is 11.3 Å². The summed E-state index contributed by atoms with van der Waals surface area (Å²) >= 11 is 1.63. The zero-order valence-electron chi connectivity index (χ0n) is 12.1. The maximum atomic E-state index is 12.4. The van der Waals surface area contributed by atoms with Crippen molar-refractivity contribution in [2.45, 2.75) is 19.8 Å². The van der Waals surface area contributed by atoms with Crippen molar-refractivity contribution in [3.8, 4) is 0 Å². The Hall–Kier alpha value is -1.10. The highest BCUT2D eigenvalue weighted by molar-refractivity contribution is 7.17. The molecule has 2 N–H and O–H groups in total. The number of nitrogens with one attached hydrogen (secondary N) is 2. The maximum Gasteiger partial charge on any atom is 0.252 e. The molecule has 0 aliphatic carbocycles. The smallest absolute Gasteiger partial charge is 0.252 e. The van der Waals surface area contributed by atoms with Gasteiger partial charge in [0.1, 0.15) is 0 Å². The number of rotatable bonds is 3. The highest BCUT2D eigenvalue weighted by Crippen LogP contribution is 2.27. The van der Waals surface area contributed by atoms with E-state index >= 15 is 0 Å². The predicted molar refractivity (Wildman–Crippen MR) is 91.6 cm³/mol. The average molecular weight is 325 g/mol. The molecular formula is C16H21ClN2OS. The van der Waals surface area contributed by atoms with Crippen molar-refractivity contribution in [2.24, 2.45) is 5.41 Å². The Morgan fingerprint density at radius 2 is 2.24 bits per heavy atom. The molecule has 1 fully saturated rings. The van der Waals surface area contributed by atoms with E-state index in [0.29, 0.717) is 0 Å². The molecule has 2 aromatic rings. The van der Waals surface area contributed by atoms with Gasteiger partial charge in [-0.25, -0.2) is 0 Å². The summed E-state index contributed by atoms with van der Waals surface area (Å²) in [6, 6.07) is 8.07. The fourth-order valence-corrected chi connectivity index (χ4v) is 3.75. The van der Waals surface area contributed by atoms with Gasteiger partial charge in [-0.3, -0.25) is 4.79 Å². The molecular weight excluding hydrogens is 304 g/mol. The van der Waals surface area contributed by atoms with Gasteiger partial charge in [-0.15, -0.1) is 23.7 Å². The van der Waals surface area contributed by atoms with E-state index in [-0.39, 0.29) is 23.7 Å². The number of thiophene rings is 1. The lowest BCUT2D eigenvalue weighted by atomic mass is 9.83. The van der Waals surface area contributed by atoms with E-state index < -0.39 is 0 Å². The fourth-order valence-electron chi connectivity index (χ4n) is 2.81. The monoisotopic (exact) mass is 324 g/mol. The molecule has 1 aromatic heterocycles. The standard InChI is InChI=1S/C16H20N2OS.ClH/c1-16(7-4-8-17-10-16)11-18-15(19)13-9-20-14-6-3-2-5-12(13)14;/h2-3,5-6,9,17H,4,7-8,10-11H2,1H3,(H,18,19);1H. The molecule has 1 aliphatic heterocycles. The quantitative estimate of drug-likeness (QED) is 0.908. The Morgan fingerprint density at radius 1 is 1.43 bits per heavy atom. The number of amides is 1. The third-order valence-electron chi connectivity index (χ3n) is 4.09. The van der Waals surface area contributed by atoms with Crippen LogP contribution in [-0.2, 0) is 0 Å². The fraction of sp³-hybridized carbons (Fsp3) is 0.438. The van der Waals surface area contributed by atoms with Gasteiger partial charge in [-0.1, -0.05) is 25.1 Å². The Morgan fingerprint density at radius 3 is 3.00 bits per heavy atom. The summed E-state index contributed by atoms with van der Waals surface area (Å²) in [4.78, 5) is 12.4. The zero-order chi connectivity index (χ0) is 14.0. The molecule has 114 valence electrons. The molecule has 1 amide bonds. The molecule has 0 spiro atoms. The van der Waals surface area contributed by atoms with Crippen LogP contribution >= 0.6 is 23.7 Å². The molecule has 1 aromatic carbocycles. The third kappa shape index (κ3) is 3.57. The van der Waals surface area contributed by atoms with E-state index in [1.165, 1.54) is 17.5 Å². The average Bonchev–Trinajstić information content (AvgIpc) is 2.90. The van der Waals surface area contributed by atoms with Crippen LogP contribution in [-0.4, -0.2) is 25.5 Å².